The predicted octanol–water partition coefficient (Wildman–Crippen LogP) is 10.3. The topological polar surface area (TPSA) is 13.1 Å². The van der Waals surface area contributed by atoms with E-state index in [-0.39, 0.29) is 12.3 Å². The Morgan fingerprint density at radius 3 is 2.20 bits per heavy atom. The van der Waals surface area contributed by atoms with Gasteiger partial charge in [0.2, 0.25) is 0 Å². The van der Waals surface area contributed by atoms with Gasteiger partial charge < -0.3 is 14.0 Å². The molecule has 10 aromatic rings. The molecule has 238 valence electrons. The van der Waals surface area contributed by atoms with E-state index in [1.807, 2.05) is 24.3 Å². The number of aromatic nitrogens is 2. The van der Waals surface area contributed by atoms with Gasteiger partial charge in [-0.25, -0.2) is 0 Å². The number of thiophene rings is 1. The van der Waals surface area contributed by atoms with Crippen molar-refractivity contribution in [2.75, 3.05) is 4.90 Å². The van der Waals surface area contributed by atoms with Crippen LogP contribution < -0.4 is 20.6 Å². The average molecular weight is 674 g/mol. The summed E-state index contributed by atoms with van der Waals surface area (Å²) >= 11 is 1.65. The van der Waals surface area contributed by atoms with E-state index in [1.54, 1.807) is 29.5 Å². The summed E-state index contributed by atoms with van der Waals surface area (Å²) in [5, 5.41) is 5.74. The third kappa shape index (κ3) is 3.49. The van der Waals surface area contributed by atoms with Crippen LogP contribution in [0.1, 0.15) is 19.4 Å². The summed E-state index contributed by atoms with van der Waals surface area (Å²) in [4.78, 5) is 2.25. The zero-order chi connectivity index (χ0) is 38.5. The molecule has 0 saturated heterocycles. The van der Waals surface area contributed by atoms with E-state index in [2.05, 4.69) is 117 Å². The number of nitrogens with zero attached hydrogens (tertiary/aromatic N) is 3. The number of anilines is 3. The molecule has 7 aromatic carbocycles. The molecule has 5 heteroatoms. The Labute approximate surface area is 307 Å². The molecule has 3 aromatic heterocycles. The van der Waals surface area contributed by atoms with Crippen LogP contribution in [0.4, 0.5) is 17.1 Å². The normalized spacial score (nSPS) is 15.5. The number of hydrogen-bond donors (Lipinski definition) is 0. The third-order valence-corrected chi connectivity index (χ3v) is 12.3. The van der Waals surface area contributed by atoms with Crippen molar-refractivity contribution < 1.29 is 8.22 Å². The molecule has 0 amide bonds. The Hall–Kier alpha value is -6.04. The summed E-state index contributed by atoms with van der Waals surface area (Å²) < 4.78 is 55.7. The minimum Gasteiger partial charge on any atom is -0.310 e. The Bertz CT molecular complexity index is 3340. The molecule has 2 aliphatic heterocycles. The van der Waals surface area contributed by atoms with Gasteiger partial charge in [-0.15, -0.1) is 11.3 Å². The van der Waals surface area contributed by atoms with Gasteiger partial charge in [0.05, 0.1) is 22.2 Å². The molecule has 3 nitrogen and oxygen atoms in total. The van der Waals surface area contributed by atoms with Gasteiger partial charge in [-0.2, -0.15) is 0 Å². The highest BCUT2D eigenvalue weighted by molar-refractivity contribution is 7.33. The van der Waals surface area contributed by atoms with Gasteiger partial charge in [0.15, 0.2) is 0 Å². The highest BCUT2D eigenvalue weighted by Gasteiger charge is 2.44. The molecule has 2 aliphatic rings. The number of benzene rings is 7. The largest absolute Gasteiger partial charge is 0.310 e. The molecule has 0 bridgehead atoms. The van der Waals surface area contributed by atoms with E-state index in [4.69, 9.17) is 8.22 Å². The van der Waals surface area contributed by atoms with Gasteiger partial charge >= 0.3 is 0 Å². The quantitative estimate of drug-likeness (QED) is 0.167. The van der Waals surface area contributed by atoms with Gasteiger partial charge in [-0.05, 0) is 84.8 Å². The monoisotopic (exact) mass is 673 g/mol. The van der Waals surface area contributed by atoms with E-state index >= 15 is 0 Å². The van der Waals surface area contributed by atoms with Gasteiger partial charge in [-0.1, -0.05) is 96.6 Å². The second-order valence-electron chi connectivity index (χ2n) is 13.7. The van der Waals surface area contributed by atoms with Crippen molar-refractivity contribution in [2.24, 2.45) is 0 Å². The average Bonchev–Trinajstić information content (AvgIpc) is 3.87. The molecule has 0 fully saturated rings. The van der Waals surface area contributed by atoms with Crippen LogP contribution in [0.3, 0.4) is 0 Å². The van der Waals surface area contributed by atoms with Crippen LogP contribution >= 0.6 is 11.3 Å². The lowest BCUT2D eigenvalue weighted by Crippen LogP contribution is -2.59. The Morgan fingerprint density at radius 1 is 0.549 bits per heavy atom. The molecule has 51 heavy (non-hydrogen) atoms. The molecule has 0 saturated carbocycles. The van der Waals surface area contributed by atoms with Gasteiger partial charge in [0.1, 0.15) is 0 Å². The molecule has 0 unspecified atom stereocenters. The molecular weight excluding hydrogens is 637 g/mol. The number of fused-ring (bicyclic) bond motifs is 13. The summed E-state index contributed by atoms with van der Waals surface area (Å²) in [6, 6.07) is 49.7. The second kappa shape index (κ2) is 9.81. The van der Waals surface area contributed by atoms with Crippen molar-refractivity contribution in [3.8, 4) is 11.4 Å². The third-order valence-electron chi connectivity index (χ3n) is 11.1. The molecule has 0 N–H and O–H groups in total. The van der Waals surface area contributed by atoms with Crippen LogP contribution in [0, 0.1) is 13.7 Å². The number of para-hydroxylation sites is 3. The maximum atomic E-state index is 8.22. The minimum absolute atomic E-state index is 0.131. The van der Waals surface area contributed by atoms with Gasteiger partial charge in [0.25, 0.3) is 6.71 Å². The number of aryl methyl sites for hydroxylation is 2. The zero-order valence-corrected chi connectivity index (χ0v) is 28.0. The van der Waals surface area contributed by atoms with E-state index in [9.17, 15) is 0 Å². The summed E-state index contributed by atoms with van der Waals surface area (Å²) in [5.74, 6) is 0. The number of hydrogen-bond acceptors (Lipinski definition) is 2. The zero-order valence-electron chi connectivity index (χ0n) is 33.2. The van der Waals surface area contributed by atoms with E-state index in [1.165, 1.54) is 38.0 Å². The molecular formula is C46H30BN3S. The molecule has 0 aliphatic carbocycles. The van der Waals surface area contributed by atoms with Gasteiger partial charge in [-0.3, -0.25) is 0 Å². The lowest BCUT2D eigenvalue weighted by Gasteiger charge is -2.38. The lowest BCUT2D eigenvalue weighted by molar-refractivity contribution is 1.17. The maximum absolute atomic E-state index is 8.22. The van der Waals surface area contributed by atoms with Crippen LogP contribution in [-0.4, -0.2) is 15.8 Å². The van der Waals surface area contributed by atoms with Crippen molar-refractivity contribution >= 4 is 105 Å². The van der Waals surface area contributed by atoms with Crippen molar-refractivity contribution in [2.45, 2.75) is 13.7 Å². The Morgan fingerprint density at radius 2 is 1.31 bits per heavy atom. The fourth-order valence-corrected chi connectivity index (χ4v) is 10.5. The van der Waals surface area contributed by atoms with Crippen molar-refractivity contribution in [1.82, 2.24) is 9.13 Å². The fraction of sp³-hybridized carbons (Fsp3) is 0.0435. The minimum atomic E-state index is -2.25. The van der Waals surface area contributed by atoms with E-state index < -0.39 is 13.7 Å². The highest BCUT2D eigenvalue weighted by atomic mass is 32.1. The maximum Gasteiger partial charge on any atom is 0.264 e. The summed E-state index contributed by atoms with van der Waals surface area (Å²) in [6.07, 6.45) is 0. The SMILES string of the molecule is [2H]C([2H])([2H])c1ccc(N2c3cccc4c3B(c3sc5cc(C([2H])([2H])[2H])ccc5c32)c2cccc3c5c(ccc6c7ccccc7n(-c7ccccc7)c65)n-4c23)cc1. The van der Waals surface area contributed by atoms with Crippen molar-refractivity contribution in [1.29, 1.82) is 0 Å². The van der Waals surface area contributed by atoms with E-state index in [0.29, 0.717) is 5.56 Å². The fourth-order valence-electron chi connectivity index (χ4n) is 9.14. The predicted molar refractivity (Wildman–Crippen MR) is 219 cm³/mol. The molecule has 0 atom stereocenters. The smallest absolute Gasteiger partial charge is 0.264 e. The Kier molecular flexibility index (Phi) is 4.35. The lowest BCUT2D eigenvalue weighted by atomic mass is 9.36. The first-order valence-electron chi connectivity index (χ1n) is 20.2. The van der Waals surface area contributed by atoms with Crippen LogP contribution in [0.25, 0.3) is 65.1 Å². The van der Waals surface area contributed by atoms with Gasteiger partial charge in [0, 0.05) is 72.9 Å². The van der Waals surface area contributed by atoms with Crippen molar-refractivity contribution in [3.05, 3.63) is 157 Å². The molecule has 0 radical (unpaired) electrons. The van der Waals surface area contributed by atoms with Crippen LogP contribution in [0.15, 0.2) is 146 Å². The second-order valence-corrected chi connectivity index (χ2v) is 14.8. The van der Waals surface area contributed by atoms with Crippen LogP contribution in [0.5, 0.6) is 0 Å². The Balaban J connectivity index is 1.22. The standard InChI is InChI=1S/C46H30BN3S/c1-27-18-21-30(22-19-27)49-38-16-9-17-39-42(38)47(46-45(49)33-23-20-28(2)26-40(33)51-46)35-14-8-13-34-41-37(50(39)43(34)35)25-24-32-31-12-6-7-15-36(31)48(44(32)41)29-10-4-3-5-11-29/h3-26H,1-2H3/i1D3,2D3. The first kappa shape index (κ1) is 22.6. The molecule has 12 rings (SSSR count). The first-order valence-corrected chi connectivity index (χ1v) is 18.0. The summed E-state index contributed by atoms with van der Waals surface area (Å²) in [7, 11) is 0. The molecule has 0 spiro atoms. The highest BCUT2D eigenvalue weighted by Crippen LogP contribution is 2.47. The summed E-state index contributed by atoms with van der Waals surface area (Å²) in [6.45, 7) is -4.61. The van der Waals surface area contributed by atoms with Crippen molar-refractivity contribution in [3.63, 3.8) is 0 Å². The van der Waals surface area contributed by atoms with Crippen LogP contribution in [-0.2, 0) is 0 Å². The van der Waals surface area contributed by atoms with E-state index in [0.717, 1.165) is 59.8 Å². The molecule has 5 heterocycles. The number of rotatable bonds is 2. The van der Waals surface area contributed by atoms with Crippen LogP contribution in [0.2, 0.25) is 0 Å². The summed E-state index contributed by atoms with van der Waals surface area (Å²) in [5.41, 5.74) is 12.6. The first-order chi connectivity index (χ1) is 27.6.